The zero-order chi connectivity index (χ0) is 17.6. The van der Waals surface area contributed by atoms with Crippen LogP contribution in [0.5, 0.6) is 0 Å². The standard InChI is InChI=1S/C20H26N4O/c1-17(20(25)22(2)16-18-8-4-3-5-9-18)23-12-14-24(15-13-23)19-10-6-7-11-21-19/h3-11,17H,12-16H2,1-2H3/p+2/t17-/m1/s1. The highest BCUT2D eigenvalue weighted by Crippen LogP contribution is 2.06. The fraction of sp³-hybridized carbons (Fsp3) is 0.400. The Hall–Kier alpha value is -2.40. The molecule has 0 unspecified atom stereocenters. The van der Waals surface area contributed by atoms with Crippen molar-refractivity contribution < 1.29 is 14.7 Å². The van der Waals surface area contributed by atoms with E-state index >= 15 is 0 Å². The van der Waals surface area contributed by atoms with Crippen molar-refractivity contribution >= 4 is 11.7 Å². The Morgan fingerprint density at radius 3 is 2.48 bits per heavy atom. The minimum absolute atomic E-state index is 0.00406. The van der Waals surface area contributed by atoms with Gasteiger partial charge in [-0.2, -0.15) is 0 Å². The number of quaternary nitrogens is 1. The van der Waals surface area contributed by atoms with Gasteiger partial charge in [0.15, 0.2) is 6.04 Å². The number of anilines is 1. The summed E-state index contributed by atoms with van der Waals surface area (Å²) in [6.45, 7) is 6.63. The summed E-state index contributed by atoms with van der Waals surface area (Å²) in [4.78, 5) is 21.7. The molecule has 0 aliphatic carbocycles. The van der Waals surface area contributed by atoms with Gasteiger partial charge in [0.2, 0.25) is 0 Å². The summed E-state index contributed by atoms with van der Waals surface area (Å²) in [6.07, 6.45) is 1.96. The van der Waals surface area contributed by atoms with Gasteiger partial charge in [0.25, 0.3) is 11.7 Å². The molecule has 5 nitrogen and oxygen atoms in total. The fourth-order valence-corrected chi connectivity index (χ4v) is 3.49. The SMILES string of the molecule is C[C@H](C(=O)N(C)Cc1ccccc1)[NH+]1CCN(c2cccc[nH+]2)CC1. The number of aromatic amines is 1. The van der Waals surface area contributed by atoms with E-state index in [-0.39, 0.29) is 11.9 Å². The normalized spacial score (nSPS) is 16.5. The molecular weight excluding hydrogens is 312 g/mol. The van der Waals surface area contributed by atoms with Gasteiger partial charge in [0.1, 0.15) is 26.2 Å². The molecule has 0 spiro atoms. The first-order valence-corrected chi connectivity index (χ1v) is 9.00. The summed E-state index contributed by atoms with van der Waals surface area (Å²) in [5.41, 5.74) is 1.17. The van der Waals surface area contributed by atoms with E-state index in [1.165, 1.54) is 10.5 Å². The number of hydrogen-bond acceptors (Lipinski definition) is 2. The van der Waals surface area contributed by atoms with Crippen LogP contribution in [0.2, 0.25) is 0 Å². The van der Waals surface area contributed by atoms with Crippen molar-refractivity contribution in [1.29, 1.82) is 0 Å². The Bertz CT molecular complexity index is 669. The first kappa shape index (κ1) is 17.4. The minimum atomic E-state index is -0.00406. The van der Waals surface area contributed by atoms with Crippen molar-refractivity contribution in [2.75, 3.05) is 38.1 Å². The summed E-state index contributed by atoms with van der Waals surface area (Å²) in [5.74, 6) is 1.38. The number of nitrogens with one attached hydrogen (secondary N) is 2. The molecule has 2 N–H and O–H groups in total. The number of nitrogens with zero attached hydrogens (tertiary/aromatic N) is 2. The lowest BCUT2D eigenvalue weighted by atomic mass is 10.1. The molecule has 0 bridgehead atoms. The Morgan fingerprint density at radius 2 is 1.84 bits per heavy atom. The first-order valence-electron chi connectivity index (χ1n) is 9.00. The number of benzene rings is 1. The molecule has 5 heteroatoms. The van der Waals surface area contributed by atoms with Crippen LogP contribution >= 0.6 is 0 Å². The average molecular weight is 340 g/mol. The highest BCUT2D eigenvalue weighted by molar-refractivity contribution is 5.79. The van der Waals surface area contributed by atoms with E-state index in [0.29, 0.717) is 6.54 Å². The second-order valence-corrected chi connectivity index (χ2v) is 6.79. The Morgan fingerprint density at radius 1 is 1.16 bits per heavy atom. The molecule has 1 aromatic heterocycles. The van der Waals surface area contributed by atoms with Crippen LogP contribution in [0, 0.1) is 0 Å². The van der Waals surface area contributed by atoms with Crippen LogP contribution in [0.25, 0.3) is 0 Å². The molecule has 0 saturated carbocycles. The van der Waals surface area contributed by atoms with E-state index in [2.05, 4.69) is 41.1 Å². The maximum absolute atomic E-state index is 12.8. The average Bonchev–Trinajstić information content (AvgIpc) is 2.68. The number of carbonyl (C=O) groups excluding carboxylic acids is 1. The molecule has 1 saturated heterocycles. The quantitative estimate of drug-likeness (QED) is 0.848. The van der Waals surface area contributed by atoms with Crippen molar-refractivity contribution in [3.05, 3.63) is 60.3 Å². The maximum atomic E-state index is 12.8. The van der Waals surface area contributed by atoms with Gasteiger partial charge in [-0.15, -0.1) is 0 Å². The molecule has 3 rings (SSSR count). The van der Waals surface area contributed by atoms with Crippen LogP contribution < -0.4 is 14.8 Å². The summed E-state index contributed by atoms with van der Waals surface area (Å²) < 4.78 is 0. The fourth-order valence-electron chi connectivity index (χ4n) is 3.49. The number of likely N-dealkylation sites (N-methyl/N-ethyl adjacent to an activating group) is 1. The molecule has 1 atom stereocenters. The lowest BCUT2D eigenvalue weighted by Crippen LogP contribution is -3.19. The molecule has 1 aliphatic rings. The summed E-state index contributed by atoms with van der Waals surface area (Å²) >= 11 is 0. The van der Waals surface area contributed by atoms with Gasteiger partial charge < -0.3 is 9.80 Å². The largest absolute Gasteiger partial charge is 0.336 e. The maximum Gasteiger partial charge on any atom is 0.280 e. The van der Waals surface area contributed by atoms with Crippen LogP contribution in [0.3, 0.4) is 0 Å². The number of aromatic nitrogens is 1. The third-order valence-corrected chi connectivity index (χ3v) is 5.06. The molecule has 1 fully saturated rings. The molecule has 25 heavy (non-hydrogen) atoms. The van der Waals surface area contributed by atoms with Crippen LogP contribution in [-0.4, -0.2) is 50.1 Å². The Kier molecular flexibility index (Phi) is 5.66. The van der Waals surface area contributed by atoms with Crippen LogP contribution in [-0.2, 0) is 11.3 Å². The van der Waals surface area contributed by atoms with E-state index in [1.807, 2.05) is 42.4 Å². The highest BCUT2D eigenvalue weighted by Gasteiger charge is 2.33. The van der Waals surface area contributed by atoms with E-state index in [1.54, 1.807) is 0 Å². The number of carbonyl (C=O) groups is 1. The predicted molar refractivity (Wildman–Crippen MR) is 98.3 cm³/mol. The van der Waals surface area contributed by atoms with Crippen LogP contribution in [0.15, 0.2) is 54.7 Å². The number of rotatable bonds is 5. The van der Waals surface area contributed by atoms with Crippen LogP contribution in [0.4, 0.5) is 5.82 Å². The topological polar surface area (TPSA) is 42.1 Å². The third kappa shape index (κ3) is 4.37. The molecular formula is C20H28N4O+2. The van der Waals surface area contributed by atoms with Crippen molar-refractivity contribution in [2.24, 2.45) is 0 Å². The number of piperazine rings is 1. The van der Waals surface area contributed by atoms with Gasteiger partial charge in [0.05, 0.1) is 6.20 Å². The summed E-state index contributed by atoms with van der Waals surface area (Å²) in [7, 11) is 1.90. The minimum Gasteiger partial charge on any atom is -0.336 e. The van der Waals surface area contributed by atoms with E-state index in [0.717, 1.165) is 32.0 Å². The first-order chi connectivity index (χ1) is 12.1. The number of amides is 1. The van der Waals surface area contributed by atoms with Gasteiger partial charge in [-0.3, -0.25) is 9.69 Å². The predicted octanol–water partition coefficient (Wildman–Crippen LogP) is 0.253. The van der Waals surface area contributed by atoms with Gasteiger partial charge in [0, 0.05) is 19.7 Å². The number of pyridine rings is 1. The number of hydrogen-bond donors (Lipinski definition) is 1. The summed E-state index contributed by atoms with van der Waals surface area (Å²) in [6, 6.07) is 16.3. The molecule has 1 aliphatic heterocycles. The molecule has 1 amide bonds. The van der Waals surface area contributed by atoms with Crippen molar-refractivity contribution in [3.8, 4) is 0 Å². The van der Waals surface area contributed by atoms with E-state index in [9.17, 15) is 4.79 Å². The number of H-pyrrole nitrogens is 1. The zero-order valence-corrected chi connectivity index (χ0v) is 15.1. The highest BCUT2D eigenvalue weighted by atomic mass is 16.2. The van der Waals surface area contributed by atoms with Gasteiger partial charge in [-0.1, -0.05) is 36.4 Å². The zero-order valence-electron chi connectivity index (χ0n) is 15.1. The van der Waals surface area contributed by atoms with Crippen molar-refractivity contribution in [3.63, 3.8) is 0 Å². The van der Waals surface area contributed by atoms with E-state index < -0.39 is 0 Å². The van der Waals surface area contributed by atoms with Gasteiger partial charge >= 0.3 is 0 Å². The second-order valence-electron chi connectivity index (χ2n) is 6.79. The molecule has 2 heterocycles. The lowest BCUT2D eigenvalue weighted by Gasteiger charge is -2.33. The van der Waals surface area contributed by atoms with Crippen molar-refractivity contribution in [2.45, 2.75) is 19.5 Å². The molecule has 0 radical (unpaired) electrons. The van der Waals surface area contributed by atoms with Gasteiger partial charge in [-0.05, 0) is 18.6 Å². The smallest absolute Gasteiger partial charge is 0.280 e. The van der Waals surface area contributed by atoms with Crippen LogP contribution in [0.1, 0.15) is 12.5 Å². The van der Waals surface area contributed by atoms with Gasteiger partial charge in [-0.25, -0.2) is 4.98 Å². The third-order valence-electron chi connectivity index (χ3n) is 5.06. The Balaban J connectivity index is 1.53. The van der Waals surface area contributed by atoms with E-state index in [4.69, 9.17) is 0 Å². The lowest BCUT2D eigenvalue weighted by molar-refractivity contribution is -0.915. The summed E-state index contributed by atoms with van der Waals surface area (Å²) in [5, 5.41) is 0. The molecule has 2 aromatic rings. The molecule has 1 aromatic carbocycles. The second kappa shape index (κ2) is 8.12. The molecule has 132 valence electrons. The van der Waals surface area contributed by atoms with Crippen molar-refractivity contribution in [1.82, 2.24) is 4.90 Å². The monoisotopic (exact) mass is 340 g/mol. The Labute approximate surface area is 149 Å².